The van der Waals surface area contributed by atoms with Gasteiger partial charge in [-0.1, -0.05) is 18.2 Å². The van der Waals surface area contributed by atoms with Crippen LogP contribution >= 0.6 is 0 Å². The van der Waals surface area contributed by atoms with Crippen LogP contribution in [-0.4, -0.2) is 24.0 Å². The van der Waals surface area contributed by atoms with Crippen molar-refractivity contribution in [2.45, 2.75) is 32.4 Å². The second kappa shape index (κ2) is 6.63. The highest BCUT2D eigenvalue weighted by atomic mass is 19.1. The molecule has 2 atom stereocenters. The molecule has 0 spiro atoms. The van der Waals surface area contributed by atoms with Crippen molar-refractivity contribution in [3.63, 3.8) is 0 Å². The molecule has 3 rings (SSSR count). The first kappa shape index (κ1) is 17.1. The third-order valence-corrected chi connectivity index (χ3v) is 4.23. The highest BCUT2D eigenvalue weighted by Gasteiger charge is 2.34. The van der Waals surface area contributed by atoms with Crippen LogP contribution in [0.3, 0.4) is 0 Å². The van der Waals surface area contributed by atoms with Gasteiger partial charge in [0.2, 0.25) is 0 Å². The van der Waals surface area contributed by atoms with Gasteiger partial charge in [-0.25, -0.2) is 13.6 Å². The van der Waals surface area contributed by atoms with Gasteiger partial charge in [0.15, 0.2) is 6.10 Å². The molecule has 4 nitrogen and oxygen atoms in total. The number of carbonyl (C=O) groups is 2. The number of hydrogen-bond acceptors (Lipinski definition) is 3. The van der Waals surface area contributed by atoms with Crippen LogP contribution in [-0.2, 0) is 16.0 Å². The van der Waals surface area contributed by atoms with Crippen LogP contribution in [0.15, 0.2) is 42.5 Å². The number of hydrogen-bond donors (Lipinski definition) is 0. The number of benzene rings is 2. The minimum Gasteiger partial charge on any atom is -0.449 e. The highest BCUT2D eigenvalue weighted by molar-refractivity contribution is 6.00. The first-order chi connectivity index (χ1) is 11.9. The van der Waals surface area contributed by atoms with Crippen LogP contribution in [0.2, 0.25) is 0 Å². The Morgan fingerprint density at radius 3 is 2.64 bits per heavy atom. The van der Waals surface area contributed by atoms with E-state index in [2.05, 4.69) is 0 Å². The number of rotatable bonds is 3. The second-order valence-electron chi connectivity index (χ2n) is 6.06. The first-order valence-electron chi connectivity index (χ1n) is 7.95. The fraction of sp³-hybridized carbons (Fsp3) is 0.263. The Morgan fingerprint density at radius 1 is 1.20 bits per heavy atom. The summed E-state index contributed by atoms with van der Waals surface area (Å²) < 4.78 is 31.7. The van der Waals surface area contributed by atoms with E-state index in [0.29, 0.717) is 6.07 Å². The Labute approximate surface area is 144 Å². The Balaban J connectivity index is 1.76. The lowest BCUT2D eigenvalue weighted by atomic mass is 10.1. The molecule has 0 saturated carbocycles. The molecule has 0 aliphatic carbocycles. The largest absolute Gasteiger partial charge is 0.449 e. The van der Waals surface area contributed by atoms with Crippen LogP contribution in [0.1, 0.15) is 29.8 Å². The predicted molar refractivity (Wildman–Crippen MR) is 88.3 cm³/mol. The Morgan fingerprint density at radius 2 is 1.92 bits per heavy atom. The van der Waals surface area contributed by atoms with Gasteiger partial charge < -0.3 is 9.64 Å². The lowest BCUT2D eigenvalue weighted by molar-refractivity contribution is -0.126. The van der Waals surface area contributed by atoms with Crippen molar-refractivity contribution in [2.24, 2.45) is 0 Å². The van der Waals surface area contributed by atoms with Crippen molar-refractivity contribution >= 4 is 17.6 Å². The summed E-state index contributed by atoms with van der Waals surface area (Å²) in [7, 11) is 0. The summed E-state index contributed by atoms with van der Waals surface area (Å²) in [6.07, 6.45) is -0.375. The van der Waals surface area contributed by atoms with Crippen molar-refractivity contribution < 1.29 is 23.1 Å². The van der Waals surface area contributed by atoms with Gasteiger partial charge >= 0.3 is 5.97 Å². The summed E-state index contributed by atoms with van der Waals surface area (Å²) in [5.74, 6) is -3.20. The number of anilines is 1. The van der Waals surface area contributed by atoms with Gasteiger partial charge in [0, 0.05) is 17.8 Å². The summed E-state index contributed by atoms with van der Waals surface area (Å²) in [4.78, 5) is 26.4. The van der Waals surface area contributed by atoms with Crippen LogP contribution < -0.4 is 4.90 Å². The Kier molecular flexibility index (Phi) is 4.53. The maximum absolute atomic E-state index is 13.7. The summed E-state index contributed by atoms with van der Waals surface area (Å²) >= 11 is 0. The van der Waals surface area contributed by atoms with Crippen LogP contribution in [0.4, 0.5) is 14.5 Å². The summed E-state index contributed by atoms with van der Waals surface area (Å²) in [5, 5.41) is 0. The number of para-hydroxylation sites is 1. The number of fused-ring (bicyclic) bond motifs is 1. The highest BCUT2D eigenvalue weighted by Crippen LogP contribution is 2.32. The van der Waals surface area contributed by atoms with Gasteiger partial charge in [0.05, 0.1) is 5.56 Å². The minimum atomic E-state index is -1.09. The monoisotopic (exact) mass is 345 g/mol. The quantitative estimate of drug-likeness (QED) is 0.800. The molecule has 0 saturated heterocycles. The van der Waals surface area contributed by atoms with E-state index in [-0.39, 0.29) is 11.9 Å². The molecule has 2 aromatic carbocycles. The molecule has 0 aromatic heterocycles. The van der Waals surface area contributed by atoms with E-state index in [9.17, 15) is 18.4 Å². The van der Waals surface area contributed by atoms with Crippen molar-refractivity contribution in [1.82, 2.24) is 0 Å². The van der Waals surface area contributed by atoms with Crippen LogP contribution in [0, 0.1) is 11.6 Å². The predicted octanol–water partition coefficient (Wildman–Crippen LogP) is 3.49. The van der Waals surface area contributed by atoms with Crippen molar-refractivity contribution in [2.75, 3.05) is 4.90 Å². The molecule has 0 unspecified atom stereocenters. The Hall–Kier alpha value is -2.76. The maximum atomic E-state index is 13.7. The fourth-order valence-electron chi connectivity index (χ4n) is 3.03. The van der Waals surface area contributed by atoms with Gasteiger partial charge in [-0.15, -0.1) is 0 Å². The second-order valence-corrected chi connectivity index (χ2v) is 6.06. The van der Waals surface area contributed by atoms with E-state index >= 15 is 0 Å². The molecule has 0 N–H and O–H groups in total. The van der Waals surface area contributed by atoms with Crippen LogP contribution in [0.25, 0.3) is 0 Å². The summed E-state index contributed by atoms with van der Waals surface area (Å²) in [5.41, 5.74) is 1.43. The molecule has 1 aliphatic heterocycles. The molecule has 130 valence electrons. The maximum Gasteiger partial charge on any atom is 0.341 e. The first-order valence-corrected chi connectivity index (χ1v) is 7.95. The number of carbonyl (C=O) groups excluding carboxylic acids is 2. The molecule has 0 bridgehead atoms. The van der Waals surface area contributed by atoms with E-state index in [0.717, 1.165) is 29.8 Å². The van der Waals surface area contributed by atoms with Crippen molar-refractivity contribution in [3.8, 4) is 0 Å². The van der Waals surface area contributed by atoms with Gasteiger partial charge in [-0.3, -0.25) is 4.79 Å². The third-order valence-electron chi connectivity index (χ3n) is 4.23. The lowest BCUT2D eigenvalue weighted by Crippen LogP contribution is -2.43. The van der Waals surface area contributed by atoms with Gasteiger partial charge in [-0.2, -0.15) is 0 Å². The number of esters is 1. The third kappa shape index (κ3) is 3.24. The average Bonchev–Trinajstić information content (AvgIpc) is 2.89. The topological polar surface area (TPSA) is 46.6 Å². The van der Waals surface area contributed by atoms with E-state index in [1.165, 1.54) is 6.92 Å². The van der Waals surface area contributed by atoms with Gasteiger partial charge in [0.1, 0.15) is 11.6 Å². The lowest BCUT2D eigenvalue weighted by Gasteiger charge is -2.26. The standard InChI is InChI=1S/C19H17F2NO3/c1-11-9-13-5-3-4-6-17(13)22(11)18(23)12(2)25-19(24)15-8-7-14(20)10-16(15)21/h3-8,10-12H,9H2,1-2H3/t11-,12-/m0/s1. The van der Waals surface area contributed by atoms with E-state index in [4.69, 9.17) is 4.74 Å². The molecule has 1 amide bonds. The summed E-state index contributed by atoms with van der Waals surface area (Å²) in [6.45, 7) is 3.35. The molecule has 0 fully saturated rings. The van der Waals surface area contributed by atoms with E-state index < -0.39 is 29.3 Å². The van der Waals surface area contributed by atoms with E-state index in [1.54, 1.807) is 4.90 Å². The van der Waals surface area contributed by atoms with Crippen molar-refractivity contribution in [1.29, 1.82) is 0 Å². The molecule has 25 heavy (non-hydrogen) atoms. The SMILES string of the molecule is C[C@H](OC(=O)c1ccc(F)cc1F)C(=O)N1c2ccccc2C[C@@H]1C. The number of halogens is 2. The fourth-order valence-corrected chi connectivity index (χ4v) is 3.03. The normalized spacial score (nSPS) is 17.1. The van der Waals surface area contributed by atoms with Gasteiger partial charge in [-0.05, 0) is 44.0 Å². The molecule has 2 aromatic rings. The van der Waals surface area contributed by atoms with Gasteiger partial charge in [0.25, 0.3) is 5.91 Å². The molecule has 6 heteroatoms. The van der Waals surface area contributed by atoms with E-state index in [1.807, 2.05) is 31.2 Å². The number of amides is 1. The van der Waals surface area contributed by atoms with Crippen LogP contribution in [0.5, 0.6) is 0 Å². The zero-order valence-electron chi connectivity index (χ0n) is 13.8. The minimum absolute atomic E-state index is 0.0615. The molecule has 0 radical (unpaired) electrons. The molecular formula is C19H17F2NO3. The number of nitrogens with zero attached hydrogens (tertiary/aromatic N) is 1. The molecule has 1 aliphatic rings. The molecular weight excluding hydrogens is 328 g/mol. The Bertz CT molecular complexity index is 837. The zero-order chi connectivity index (χ0) is 18.1. The number of ether oxygens (including phenoxy) is 1. The molecule has 1 heterocycles. The average molecular weight is 345 g/mol. The van der Waals surface area contributed by atoms with Crippen molar-refractivity contribution in [3.05, 3.63) is 65.2 Å². The smallest absolute Gasteiger partial charge is 0.341 e. The summed E-state index contributed by atoms with van der Waals surface area (Å²) in [6, 6.07) is 10.0. The zero-order valence-corrected chi connectivity index (χ0v) is 13.8.